The third kappa shape index (κ3) is 4.88. The molecule has 1 unspecified atom stereocenters. The second-order valence-corrected chi connectivity index (χ2v) is 5.53. The molecule has 0 spiro atoms. The molecule has 0 saturated carbocycles. The Labute approximate surface area is 115 Å². The van der Waals surface area contributed by atoms with E-state index < -0.39 is 10.8 Å². The summed E-state index contributed by atoms with van der Waals surface area (Å²) in [5.41, 5.74) is 7.10. The van der Waals surface area contributed by atoms with Gasteiger partial charge in [0.15, 0.2) is 5.84 Å². The number of benzene rings is 1. The van der Waals surface area contributed by atoms with Crippen LogP contribution >= 0.6 is 0 Å². The van der Waals surface area contributed by atoms with E-state index in [1.165, 1.54) is 7.11 Å². The van der Waals surface area contributed by atoms with Gasteiger partial charge in [-0.25, -0.2) is 0 Å². The Bertz CT molecular complexity index is 477. The van der Waals surface area contributed by atoms with Crippen LogP contribution in [0.4, 0.5) is 0 Å². The van der Waals surface area contributed by atoms with Crippen LogP contribution in [-0.4, -0.2) is 40.9 Å². The average molecular weight is 285 g/mol. The lowest BCUT2D eigenvalue weighted by Crippen LogP contribution is -2.20. The SMILES string of the molecule is COc1cc(CNCCS(C)=O)ccc1/C(N)=N/O. The largest absolute Gasteiger partial charge is 0.496 e. The van der Waals surface area contributed by atoms with E-state index in [1.54, 1.807) is 12.3 Å². The van der Waals surface area contributed by atoms with Gasteiger partial charge in [0.2, 0.25) is 0 Å². The molecule has 0 radical (unpaired) electrons. The Morgan fingerprint density at radius 2 is 2.32 bits per heavy atom. The van der Waals surface area contributed by atoms with Crippen LogP contribution in [0, 0.1) is 0 Å². The number of nitrogens with one attached hydrogen (secondary N) is 1. The number of rotatable bonds is 7. The summed E-state index contributed by atoms with van der Waals surface area (Å²) in [5, 5.41) is 14.8. The molecule has 1 atom stereocenters. The molecule has 6 nitrogen and oxygen atoms in total. The molecule has 4 N–H and O–H groups in total. The number of oxime groups is 1. The molecule has 0 heterocycles. The van der Waals surface area contributed by atoms with Crippen molar-refractivity contribution in [2.24, 2.45) is 10.9 Å². The minimum Gasteiger partial charge on any atom is -0.496 e. The quantitative estimate of drug-likeness (QED) is 0.219. The van der Waals surface area contributed by atoms with Gasteiger partial charge in [0.1, 0.15) is 5.75 Å². The van der Waals surface area contributed by atoms with Crippen LogP contribution in [0.25, 0.3) is 0 Å². The van der Waals surface area contributed by atoms with Gasteiger partial charge < -0.3 is 21.0 Å². The molecule has 0 aliphatic heterocycles. The number of methoxy groups -OCH3 is 1. The summed E-state index contributed by atoms with van der Waals surface area (Å²) in [6.45, 7) is 1.33. The van der Waals surface area contributed by atoms with Crippen molar-refractivity contribution in [1.29, 1.82) is 0 Å². The third-order valence-corrected chi connectivity index (χ3v) is 3.32. The molecule has 0 fully saturated rings. The smallest absolute Gasteiger partial charge is 0.173 e. The number of hydrogen-bond acceptors (Lipinski definition) is 5. The van der Waals surface area contributed by atoms with Crippen LogP contribution in [0.1, 0.15) is 11.1 Å². The van der Waals surface area contributed by atoms with Crippen molar-refractivity contribution in [1.82, 2.24) is 5.32 Å². The molecule has 0 saturated heterocycles. The van der Waals surface area contributed by atoms with E-state index in [0.29, 0.717) is 30.2 Å². The van der Waals surface area contributed by atoms with Crippen LogP contribution in [0.3, 0.4) is 0 Å². The van der Waals surface area contributed by atoms with Crippen molar-refractivity contribution in [3.05, 3.63) is 29.3 Å². The van der Waals surface area contributed by atoms with Gasteiger partial charge in [-0.2, -0.15) is 0 Å². The van der Waals surface area contributed by atoms with Gasteiger partial charge in [-0.3, -0.25) is 4.21 Å². The van der Waals surface area contributed by atoms with Gasteiger partial charge in [0.05, 0.1) is 12.7 Å². The lowest BCUT2D eigenvalue weighted by molar-refractivity contribution is 0.318. The van der Waals surface area contributed by atoms with Gasteiger partial charge in [-0.05, 0) is 17.7 Å². The Balaban J connectivity index is 2.69. The van der Waals surface area contributed by atoms with Crippen molar-refractivity contribution in [2.75, 3.05) is 25.7 Å². The first-order valence-corrected chi connectivity index (χ1v) is 7.46. The summed E-state index contributed by atoms with van der Waals surface area (Å²) in [5.74, 6) is 1.19. The zero-order valence-corrected chi connectivity index (χ0v) is 11.9. The maximum Gasteiger partial charge on any atom is 0.173 e. The van der Waals surface area contributed by atoms with E-state index in [4.69, 9.17) is 15.7 Å². The highest BCUT2D eigenvalue weighted by Gasteiger charge is 2.08. The molecule has 1 rings (SSSR count). The van der Waals surface area contributed by atoms with Crippen LogP contribution in [-0.2, 0) is 17.3 Å². The summed E-state index contributed by atoms with van der Waals surface area (Å²) in [6.07, 6.45) is 1.68. The number of amidine groups is 1. The van der Waals surface area contributed by atoms with Gasteiger partial charge >= 0.3 is 0 Å². The Hall–Kier alpha value is -1.60. The molecule has 1 aromatic carbocycles. The van der Waals surface area contributed by atoms with Gasteiger partial charge in [-0.1, -0.05) is 11.2 Å². The van der Waals surface area contributed by atoms with Gasteiger partial charge in [0.25, 0.3) is 0 Å². The fourth-order valence-electron chi connectivity index (χ4n) is 1.56. The summed E-state index contributed by atoms with van der Waals surface area (Å²) >= 11 is 0. The number of ether oxygens (including phenoxy) is 1. The zero-order valence-electron chi connectivity index (χ0n) is 11.0. The van der Waals surface area contributed by atoms with E-state index >= 15 is 0 Å². The first kappa shape index (κ1) is 15.5. The molecule has 7 heteroatoms. The first-order chi connectivity index (χ1) is 9.08. The fourth-order valence-corrected chi connectivity index (χ4v) is 1.99. The molecule has 106 valence electrons. The van der Waals surface area contributed by atoms with E-state index in [-0.39, 0.29) is 5.84 Å². The highest BCUT2D eigenvalue weighted by atomic mass is 32.2. The van der Waals surface area contributed by atoms with E-state index in [2.05, 4.69) is 10.5 Å². The molecular formula is C12H19N3O3S. The molecular weight excluding hydrogens is 266 g/mol. The van der Waals surface area contributed by atoms with Crippen LogP contribution in [0.5, 0.6) is 5.75 Å². The zero-order chi connectivity index (χ0) is 14.3. The molecule has 0 aliphatic carbocycles. The third-order valence-electron chi connectivity index (χ3n) is 2.55. The molecule has 0 bridgehead atoms. The average Bonchev–Trinajstić information content (AvgIpc) is 2.42. The minimum absolute atomic E-state index is 0.0118. The highest BCUT2D eigenvalue weighted by molar-refractivity contribution is 7.84. The van der Waals surface area contributed by atoms with E-state index in [0.717, 1.165) is 5.56 Å². The lowest BCUT2D eigenvalue weighted by Gasteiger charge is -2.10. The summed E-state index contributed by atoms with van der Waals surface area (Å²) in [6, 6.07) is 5.43. The van der Waals surface area contributed by atoms with Gasteiger partial charge in [-0.15, -0.1) is 0 Å². The molecule has 19 heavy (non-hydrogen) atoms. The van der Waals surface area contributed by atoms with Gasteiger partial charge in [0, 0.05) is 35.9 Å². The van der Waals surface area contributed by atoms with Crippen molar-refractivity contribution >= 4 is 16.6 Å². The van der Waals surface area contributed by atoms with Crippen LogP contribution in [0.15, 0.2) is 23.4 Å². The summed E-state index contributed by atoms with van der Waals surface area (Å²) < 4.78 is 16.1. The molecule has 0 amide bonds. The van der Waals surface area contributed by atoms with Crippen molar-refractivity contribution in [2.45, 2.75) is 6.54 Å². The Morgan fingerprint density at radius 1 is 1.58 bits per heavy atom. The topological polar surface area (TPSA) is 96.9 Å². The predicted octanol–water partition coefficient (Wildman–Crippen LogP) is 0.258. The Morgan fingerprint density at radius 3 is 2.89 bits per heavy atom. The molecule has 0 aromatic heterocycles. The normalized spacial score (nSPS) is 13.3. The second-order valence-electron chi connectivity index (χ2n) is 3.97. The predicted molar refractivity (Wildman–Crippen MR) is 76.1 cm³/mol. The van der Waals surface area contributed by atoms with Crippen molar-refractivity contribution in [3.63, 3.8) is 0 Å². The summed E-state index contributed by atoms with van der Waals surface area (Å²) in [4.78, 5) is 0. The van der Waals surface area contributed by atoms with E-state index in [1.807, 2.05) is 12.1 Å². The molecule has 1 aromatic rings. The first-order valence-electron chi connectivity index (χ1n) is 5.74. The van der Waals surface area contributed by atoms with Crippen molar-refractivity contribution in [3.8, 4) is 5.75 Å². The molecule has 0 aliphatic rings. The number of nitrogens with zero attached hydrogens (tertiary/aromatic N) is 1. The van der Waals surface area contributed by atoms with Crippen LogP contribution in [0.2, 0.25) is 0 Å². The monoisotopic (exact) mass is 285 g/mol. The standard InChI is InChI=1S/C12H19N3O3S/c1-18-11-7-9(8-14-5-6-19(2)17)3-4-10(11)12(13)15-16/h3-4,7,14,16H,5-6,8H2,1-2H3,(H2,13,15). The second kappa shape index (κ2) is 7.75. The van der Waals surface area contributed by atoms with Crippen molar-refractivity contribution < 1.29 is 14.2 Å². The summed E-state index contributed by atoms with van der Waals surface area (Å²) in [7, 11) is 0.741. The Kier molecular flexibility index (Phi) is 6.31. The highest BCUT2D eigenvalue weighted by Crippen LogP contribution is 2.19. The van der Waals surface area contributed by atoms with Crippen LogP contribution < -0.4 is 15.8 Å². The number of hydrogen-bond donors (Lipinski definition) is 3. The minimum atomic E-state index is -0.788. The number of nitrogens with two attached hydrogens (primary N) is 1. The maximum absolute atomic E-state index is 10.9. The van der Waals surface area contributed by atoms with E-state index in [9.17, 15) is 4.21 Å². The lowest BCUT2D eigenvalue weighted by atomic mass is 10.1. The fraction of sp³-hybridized carbons (Fsp3) is 0.417. The maximum atomic E-state index is 10.9.